The fourth-order valence-electron chi connectivity index (χ4n) is 0. The highest BCUT2D eigenvalue weighted by molar-refractivity contribution is 7.40. The lowest BCUT2D eigenvalue weighted by Crippen LogP contribution is -2.24. The van der Waals surface area contributed by atoms with E-state index >= 15 is 0 Å². The Kier molecular flexibility index (Phi) is 5.60. The van der Waals surface area contributed by atoms with E-state index in [9.17, 15) is 0 Å². The third-order valence-electron chi connectivity index (χ3n) is 0. The third-order valence-corrected chi connectivity index (χ3v) is 0. The topological polar surface area (TPSA) is 103 Å². The Morgan fingerprint density at radius 3 is 1.14 bits per heavy atom. The molecule has 0 amide bonds. The molecule has 0 saturated carbocycles. The van der Waals surface area contributed by atoms with Crippen molar-refractivity contribution in [1.82, 2.24) is 0 Å². The van der Waals surface area contributed by atoms with Crippen LogP contribution >= 0.6 is 7.82 Å². The van der Waals surface area contributed by atoms with Gasteiger partial charge in [-0.1, -0.05) is 0 Å². The summed E-state index contributed by atoms with van der Waals surface area (Å²) in [7, 11) is -5.39. The predicted molar refractivity (Wildman–Crippen MR) is 14.7 cm³/mol. The average Bonchev–Trinajstić information content (AvgIpc) is 1.36. The van der Waals surface area contributed by atoms with Crippen molar-refractivity contribution in [2.24, 2.45) is 0 Å². The minimum atomic E-state index is -5.39. The van der Waals surface area contributed by atoms with Gasteiger partial charge in [-0.3, -0.25) is 0 Å². The van der Waals surface area contributed by atoms with Gasteiger partial charge in [-0.2, -0.15) is 7.82 Å². The van der Waals surface area contributed by atoms with Crippen LogP contribution in [-0.2, 0) is 9.36 Å². The summed E-state index contributed by atoms with van der Waals surface area (Å²) in [5.74, 6) is 0. The van der Waals surface area contributed by atoms with Gasteiger partial charge >= 0.3 is 0 Å². The quantitative estimate of drug-likeness (QED) is 0.320. The van der Waals surface area contributed by atoms with Gasteiger partial charge in [0, 0.05) is 0 Å². The molecule has 0 atom stereocenters. The first kappa shape index (κ1) is 9.91. The van der Waals surface area contributed by atoms with E-state index in [-0.39, 0.29) is 0 Å². The number of hydrogen-bond acceptors (Lipinski definition) is 5. The van der Waals surface area contributed by atoms with Gasteiger partial charge in [-0.15, -0.1) is 0 Å². The van der Waals surface area contributed by atoms with Crippen molar-refractivity contribution in [2.45, 2.75) is 0 Å². The van der Waals surface area contributed by atoms with Gasteiger partial charge in [-0.25, -0.2) is 0 Å². The Labute approximate surface area is 39.8 Å². The highest BCUT2D eigenvalue weighted by atomic mass is 31.2. The molecule has 7 heavy (non-hydrogen) atoms. The summed E-state index contributed by atoms with van der Waals surface area (Å²) in [6.45, 7) is 2.00. The fraction of sp³-hybridized carbons (Fsp3) is 0. The normalized spacial score (nSPS) is 9.00. The molecule has 6 heteroatoms. The molecule has 0 saturated heterocycles. The second kappa shape index (κ2) is 3.95. The molecule has 0 unspecified atom stereocenters. The smallest absolute Gasteiger partial charge is 0.106 e. The summed E-state index contributed by atoms with van der Waals surface area (Å²) in [4.78, 5) is 33.6. The first-order chi connectivity index (χ1) is 3.00. The largest absolute Gasteiger partial charge is 0.822 e. The van der Waals surface area contributed by atoms with Crippen LogP contribution in [0.15, 0.2) is 0 Å². The molecule has 0 aromatic rings. The summed E-state index contributed by atoms with van der Waals surface area (Å²) in [6, 6.07) is 0. The van der Waals surface area contributed by atoms with Crippen LogP contribution in [0.3, 0.4) is 0 Å². The monoisotopic (exact) mass is 125 g/mol. The van der Waals surface area contributed by atoms with Crippen LogP contribution < -0.4 is 14.7 Å². The van der Waals surface area contributed by atoms with Gasteiger partial charge in [0.1, 0.15) is 6.79 Å². The van der Waals surface area contributed by atoms with E-state index in [1.807, 2.05) is 6.79 Å². The van der Waals surface area contributed by atoms with Crippen molar-refractivity contribution < 1.29 is 24.0 Å². The number of phosphoric acid groups is 1. The van der Waals surface area contributed by atoms with E-state index in [1.54, 1.807) is 0 Å². The Bertz CT molecular complexity index is 63.9. The van der Waals surface area contributed by atoms with Crippen LogP contribution in [0.5, 0.6) is 0 Å². The van der Waals surface area contributed by atoms with Crippen molar-refractivity contribution in [1.29, 1.82) is 0 Å². The zero-order chi connectivity index (χ0) is 6.50. The first-order valence-corrected chi connectivity index (χ1v) is 2.48. The van der Waals surface area contributed by atoms with E-state index in [0.717, 1.165) is 0 Å². The summed E-state index contributed by atoms with van der Waals surface area (Å²) >= 11 is 0. The Balaban J connectivity index is 0. The number of carbonyl (C=O) groups is 1. The zero-order valence-corrected chi connectivity index (χ0v) is 4.09. The highest BCUT2D eigenvalue weighted by Gasteiger charge is 1.44. The molecule has 0 radical (unpaired) electrons. The Morgan fingerprint density at radius 1 is 1.14 bits per heavy atom. The van der Waals surface area contributed by atoms with Crippen LogP contribution in [0.1, 0.15) is 0 Å². The number of carbonyl (C=O) groups excluding carboxylic acids is 1. The van der Waals surface area contributed by atoms with E-state index in [2.05, 4.69) is 0 Å². The molecule has 0 rings (SSSR count). The summed E-state index contributed by atoms with van der Waals surface area (Å²) in [5.41, 5.74) is 0. The fourth-order valence-corrected chi connectivity index (χ4v) is 0. The standard InChI is InChI=1S/CH2O.H3O4P/c1-2;1-5(2,3)4/h1H2;(H3,1,2,3,4)/p-3. The van der Waals surface area contributed by atoms with Gasteiger partial charge in [-0.05, 0) is 0 Å². The Morgan fingerprint density at radius 2 is 1.14 bits per heavy atom. The Hall–Kier alpha value is -0.220. The molecule has 0 aromatic carbocycles. The molecular formula is CH2O5P-3. The molecule has 5 nitrogen and oxygen atoms in total. The van der Waals surface area contributed by atoms with Crippen molar-refractivity contribution in [2.75, 3.05) is 0 Å². The molecule has 0 aromatic heterocycles. The molecule has 0 bridgehead atoms. The molecule has 0 spiro atoms. The van der Waals surface area contributed by atoms with E-state index < -0.39 is 7.82 Å². The van der Waals surface area contributed by atoms with Gasteiger partial charge < -0.3 is 24.0 Å². The van der Waals surface area contributed by atoms with Crippen molar-refractivity contribution >= 4 is 14.6 Å². The van der Waals surface area contributed by atoms with Gasteiger partial charge in [0.25, 0.3) is 0 Å². The first-order valence-electron chi connectivity index (χ1n) is 1.02. The van der Waals surface area contributed by atoms with Crippen LogP contribution in [0, 0.1) is 0 Å². The highest BCUT2D eigenvalue weighted by Crippen LogP contribution is 2.03. The lowest BCUT2D eigenvalue weighted by Gasteiger charge is -2.36. The molecule has 0 fully saturated rings. The maximum absolute atomic E-state index is 8.55. The maximum atomic E-state index is 8.55. The number of hydrogen-bond donors (Lipinski definition) is 0. The molecular weight excluding hydrogens is 123 g/mol. The molecule has 0 heterocycles. The lowest BCUT2D eigenvalue weighted by molar-refractivity contribution is -0.432. The van der Waals surface area contributed by atoms with Gasteiger partial charge in [0.15, 0.2) is 0 Å². The minimum Gasteiger partial charge on any atom is -0.822 e. The predicted octanol–water partition coefficient (Wildman–Crippen LogP) is -3.01. The summed E-state index contributed by atoms with van der Waals surface area (Å²) in [6.07, 6.45) is 0. The van der Waals surface area contributed by atoms with E-state index in [4.69, 9.17) is 24.0 Å². The van der Waals surface area contributed by atoms with Crippen LogP contribution in [-0.4, -0.2) is 6.79 Å². The summed E-state index contributed by atoms with van der Waals surface area (Å²) in [5, 5.41) is 0. The summed E-state index contributed by atoms with van der Waals surface area (Å²) < 4.78 is 8.55. The maximum Gasteiger partial charge on any atom is 0.106 e. The van der Waals surface area contributed by atoms with E-state index in [0.29, 0.717) is 0 Å². The van der Waals surface area contributed by atoms with Crippen LogP contribution in [0.25, 0.3) is 0 Å². The SMILES string of the molecule is C=O.O=P([O-])([O-])[O-]. The third kappa shape index (κ3) is 1710. The molecule has 0 N–H and O–H groups in total. The molecule has 44 valence electrons. The second-order valence-electron chi connectivity index (χ2n) is 0.447. The minimum absolute atomic E-state index is 2.00. The molecule has 0 aliphatic heterocycles. The van der Waals surface area contributed by atoms with Gasteiger partial charge in [0.05, 0.1) is 0 Å². The lowest BCUT2D eigenvalue weighted by atomic mass is 11.9. The van der Waals surface area contributed by atoms with Crippen molar-refractivity contribution in [3.8, 4) is 0 Å². The molecule has 0 aliphatic rings. The van der Waals surface area contributed by atoms with Crippen molar-refractivity contribution in [3.05, 3.63) is 0 Å². The van der Waals surface area contributed by atoms with E-state index in [1.165, 1.54) is 0 Å². The zero-order valence-electron chi connectivity index (χ0n) is 3.20. The number of rotatable bonds is 0. The van der Waals surface area contributed by atoms with Crippen LogP contribution in [0.4, 0.5) is 0 Å². The second-order valence-corrected chi connectivity index (χ2v) is 1.34. The van der Waals surface area contributed by atoms with Gasteiger partial charge in [0.2, 0.25) is 0 Å². The van der Waals surface area contributed by atoms with Crippen LogP contribution in [0.2, 0.25) is 0 Å². The average molecular weight is 125 g/mol. The molecule has 0 aliphatic carbocycles. The van der Waals surface area contributed by atoms with Crippen molar-refractivity contribution in [3.63, 3.8) is 0 Å².